The van der Waals surface area contributed by atoms with Crippen molar-refractivity contribution in [3.63, 3.8) is 0 Å². The van der Waals surface area contributed by atoms with Gasteiger partial charge in [0, 0.05) is 12.6 Å². The topological polar surface area (TPSA) is 103 Å². The second-order valence-corrected chi connectivity index (χ2v) is 10.2. The van der Waals surface area contributed by atoms with Crippen LogP contribution in [0.4, 0.5) is 5.69 Å². The molecule has 10 heteroatoms. The zero-order chi connectivity index (χ0) is 27.7. The summed E-state index contributed by atoms with van der Waals surface area (Å²) in [4.78, 5) is 13.0. The average Bonchev–Trinajstić information content (AvgIpc) is 2.92. The quantitative estimate of drug-likeness (QED) is 0.343. The van der Waals surface area contributed by atoms with Crippen molar-refractivity contribution in [2.75, 3.05) is 38.3 Å². The van der Waals surface area contributed by atoms with Gasteiger partial charge >= 0.3 is 0 Å². The van der Waals surface area contributed by atoms with Gasteiger partial charge in [0.05, 0.1) is 38.0 Å². The standard InChI is InChI=1S/C28H34N2O7S/c1-6-36-25-14-10-21(16-27(25)37-7-2)18-29-28(31)19-30(22-11-8-20(3)9-12-22)38(32,33)23-13-15-24(34-4)26(17-23)35-5/h8-17H,6-7,18-19H2,1-5H3,(H,29,31). The number of methoxy groups -OCH3 is 2. The van der Waals surface area contributed by atoms with Crippen molar-refractivity contribution in [1.82, 2.24) is 5.32 Å². The SMILES string of the molecule is CCOc1ccc(CNC(=O)CN(c2ccc(C)cc2)S(=O)(=O)c2ccc(OC)c(OC)c2)cc1OCC. The number of aryl methyl sites for hydroxylation is 1. The number of nitrogens with zero attached hydrogens (tertiary/aromatic N) is 1. The zero-order valence-corrected chi connectivity index (χ0v) is 23.1. The summed E-state index contributed by atoms with van der Waals surface area (Å²) in [5.74, 6) is 1.39. The Morgan fingerprint density at radius 3 is 2.08 bits per heavy atom. The summed E-state index contributed by atoms with van der Waals surface area (Å²) in [6.07, 6.45) is 0. The minimum Gasteiger partial charge on any atom is -0.493 e. The first-order valence-corrected chi connectivity index (χ1v) is 13.6. The highest BCUT2D eigenvalue weighted by Gasteiger charge is 2.28. The fourth-order valence-electron chi connectivity index (χ4n) is 3.72. The molecular formula is C28H34N2O7S. The lowest BCUT2D eigenvalue weighted by Crippen LogP contribution is -2.40. The van der Waals surface area contributed by atoms with E-state index in [1.54, 1.807) is 36.4 Å². The summed E-state index contributed by atoms with van der Waals surface area (Å²) in [5, 5.41) is 2.81. The van der Waals surface area contributed by atoms with Crippen molar-refractivity contribution in [3.05, 3.63) is 71.8 Å². The van der Waals surface area contributed by atoms with Gasteiger partial charge in [0.15, 0.2) is 23.0 Å². The number of anilines is 1. The van der Waals surface area contributed by atoms with Gasteiger partial charge in [0.25, 0.3) is 10.0 Å². The number of ether oxygens (including phenoxy) is 4. The maximum absolute atomic E-state index is 13.7. The Hall–Kier alpha value is -3.92. The van der Waals surface area contributed by atoms with Gasteiger partial charge in [-0.2, -0.15) is 0 Å². The van der Waals surface area contributed by atoms with Gasteiger partial charge in [0.1, 0.15) is 6.54 Å². The lowest BCUT2D eigenvalue weighted by atomic mass is 10.2. The number of hydrogen-bond donors (Lipinski definition) is 1. The third-order valence-corrected chi connectivity index (χ3v) is 7.42. The van der Waals surface area contributed by atoms with Crippen molar-refractivity contribution in [2.45, 2.75) is 32.2 Å². The van der Waals surface area contributed by atoms with Crippen LogP contribution < -0.4 is 28.6 Å². The first-order chi connectivity index (χ1) is 18.2. The van der Waals surface area contributed by atoms with Crippen LogP contribution in [0.15, 0.2) is 65.6 Å². The van der Waals surface area contributed by atoms with Gasteiger partial charge < -0.3 is 24.3 Å². The molecule has 0 saturated heterocycles. The molecule has 0 bridgehead atoms. The first kappa shape index (κ1) is 28.6. The molecule has 0 fully saturated rings. The van der Waals surface area contributed by atoms with E-state index in [1.807, 2.05) is 26.8 Å². The fraction of sp³-hybridized carbons (Fsp3) is 0.321. The van der Waals surface area contributed by atoms with Crippen LogP contribution in [0.2, 0.25) is 0 Å². The highest BCUT2D eigenvalue weighted by Crippen LogP contribution is 2.32. The second-order valence-electron chi connectivity index (χ2n) is 8.29. The van der Waals surface area contributed by atoms with Crippen LogP contribution in [0.5, 0.6) is 23.0 Å². The monoisotopic (exact) mass is 542 g/mol. The van der Waals surface area contributed by atoms with E-state index >= 15 is 0 Å². The molecule has 0 saturated carbocycles. The zero-order valence-electron chi connectivity index (χ0n) is 22.3. The summed E-state index contributed by atoms with van der Waals surface area (Å²) in [6.45, 7) is 6.40. The van der Waals surface area contributed by atoms with Crippen LogP contribution in [0.1, 0.15) is 25.0 Å². The predicted octanol–water partition coefficient (Wildman–Crippen LogP) is 4.32. The summed E-state index contributed by atoms with van der Waals surface area (Å²) < 4.78 is 50.3. The van der Waals surface area contributed by atoms with Crippen molar-refractivity contribution < 1.29 is 32.2 Å². The highest BCUT2D eigenvalue weighted by molar-refractivity contribution is 7.92. The van der Waals surface area contributed by atoms with Crippen LogP contribution in [-0.2, 0) is 21.4 Å². The normalized spacial score (nSPS) is 11.0. The van der Waals surface area contributed by atoms with Gasteiger partial charge in [-0.3, -0.25) is 9.10 Å². The number of rotatable bonds is 13. The molecule has 3 aromatic carbocycles. The Kier molecular flexibility index (Phi) is 9.84. The predicted molar refractivity (Wildman–Crippen MR) is 146 cm³/mol. The fourth-order valence-corrected chi connectivity index (χ4v) is 5.16. The van der Waals surface area contributed by atoms with Gasteiger partial charge in [-0.15, -0.1) is 0 Å². The number of carbonyl (C=O) groups is 1. The molecule has 1 amide bonds. The van der Waals surface area contributed by atoms with E-state index < -0.39 is 22.5 Å². The molecule has 0 aliphatic carbocycles. The minimum atomic E-state index is -4.13. The van der Waals surface area contributed by atoms with E-state index in [-0.39, 0.29) is 17.2 Å². The summed E-state index contributed by atoms with van der Waals surface area (Å²) in [7, 11) is -1.23. The first-order valence-electron chi connectivity index (χ1n) is 12.2. The van der Waals surface area contributed by atoms with E-state index in [1.165, 1.54) is 32.4 Å². The molecule has 3 aromatic rings. The molecule has 0 atom stereocenters. The minimum absolute atomic E-state index is 0.0311. The van der Waals surface area contributed by atoms with E-state index in [0.717, 1.165) is 15.4 Å². The van der Waals surface area contributed by atoms with E-state index in [0.29, 0.717) is 36.1 Å². The largest absolute Gasteiger partial charge is 0.493 e. The number of amides is 1. The molecular weight excluding hydrogens is 508 g/mol. The Labute approximate surface area is 224 Å². The maximum atomic E-state index is 13.7. The van der Waals surface area contributed by atoms with Crippen LogP contribution in [0, 0.1) is 6.92 Å². The molecule has 1 N–H and O–H groups in total. The molecule has 0 aromatic heterocycles. The Balaban J connectivity index is 1.86. The number of sulfonamides is 1. The molecule has 9 nitrogen and oxygen atoms in total. The summed E-state index contributed by atoms with van der Waals surface area (Å²) in [5.41, 5.74) is 2.11. The van der Waals surface area contributed by atoms with Crippen LogP contribution in [0.3, 0.4) is 0 Å². The van der Waals surface area contributed by atoms with Crippen molar-refractivity contribution >= 4 is 21.6 Å². The molecule has 0 aliphatic heterocycles. The summed E-state index contributed by atoms with van der Waals surface area (Å²) in [6, 6.07) is 16.6. The lowest BCUT2D eigenvalue weighted by molar-refractivity contribution is -0.119. The summed E-state index contributed by atoms with van der Waals surface area (Å²) >= 11 is 0. The number of hydrogen-bond acceptors (Lipinski definition) is 7. The number of benzene rings is 3. The van der Waals surface area contributed by atoms with E-state index in [2.05, 4.69) is 5.32 Å². The molecule has 0 spiro atoms. The molecule has 0 aliphatic rings. The molecule has 38 heavy (non-hydrogen) atoms. The van der Waals surface area contributed by atoms with Crippen molar-refractivity contribution in [1.29, 1.82) is 0 Å². The van der Waals surface area contributed by atoms with Gasteiger partial charge in [-0.25, -0.2) is 8.42 Å². The molecule has 0 radical (unpaired) electrons. The van der Waals surface area contributed by atoms with E-state index in [4.69, 9.17) is 18.9 Å². The van der Waals surface area contributed by atoms with Crippen LogP contribution in [-0.4, -0.2) is 48.3 Å². The van der Waals surface area contributed by atoms with Crippen molar-refractivity contribution in [2.24, 2.45) is 0 Å². The Bertz CT molecular complexity index is 1340. The van der Waals surface area contributed by atoms with Crippen LogP contribution in [0.25, 0.3) is 0 Å². The lowest BCUT2D eigenvalue weighted by Gasteiger charge is -2.24. The third kappa shape index (κ3) is 6.89. The third-order valence-electron chi connectivity index (χ3n) is 5.65. The number of nitrogens with one attached hydrogen (secondary N) is 1. The molecule has 204 valence electrons. The van der Waals surface area contributed by atoms with Gasteiger partial charge in [-0.05, 0) is 62.7 Å². The molecule has 3 rings (SSSR count). The van der Waals surface area contributed by atoms with Gasteiger partial charge in [-0.1, -0.05) is 23.8 Å². The molecule has 0 heterocycles. The van der Waals surface area contributed by atoms with E-state index in [9.17, 15) is 13.2 Å². The maximum Gasteiger partial charge on any atom is 0.264 e. The van der Waals surface area contributed by atoms with Gasteiger partial charge in [0.2, 0.25) is 5.91 Å². The van der Waals surface area contributed by atoms with Crippen molar-refractivity contribution in [3.8, 4) is 23.0 Å². The average molecular weight is 543 g/mol. The second kappa shape index (κ2) is 13.0. The Morgan fingerprint density at radius 1 is 0.816 bits per heavy atom. The number of carbonyl (C=O) groups excluding carboxylic acids is 1. The molecule has 0 unspecified atom stereocenters. The Morgan fingerprint density at radius 2 is 1.45 bits per heavy atom. The smallest absolute Gasteiger partial charge is 0.264 e. The van der Waals surface area contributed by atoms with Crippen LogP contribution >= 0.6 is 0 Å². The highest BCUT2D eigenvalue weighted by atomic mass is 32.2.